The molecule has 0 aliphatic carbocycles. The van der Waals surface area contributed by atoms with Crippen LogP contribution in [0, 0.1) is 0 Å². The largest absolute Gasteiger partial charge is 0.384 e. The molecule has 0 amide bonds. The molecular formula is C10H11N5. The summed E-state index contributed by atoms with van der Waals surface area (Å²) in [6, 6.07) is 7.21. The van der Waals surface area contributed by atoms with Crippen LogP contribution in [0.4, 0.5) is 11.6 Å². The van der Waals surface area contributed by atoms with E-state index in [9.17, 15) is 0 Å². The highest BCUT2D eigenvalue weighted by molar-refractivity contribution is 5.41. The number of hydrogen-bond donors (Lipinski definition) is 2. The molecule has 2 aromatic heterocycles. The molecule has 0 spiro atoms. The topological polar surface area (TPSA) is 90.7 Å². The Hall–Kier alpha value is -2.17. The highest BCUT2D eigenvalue weighted by atomic mass is 15.0. The van der Waals surface area contributed by atoms with Gasteiger partial charge in [-0.1, -0.05) is 6.07 Å². The van der Waals surface area contributed by atoms with Gasteiger partial charge in [-0.25, -0.2) is 9.97 Å². The predicted octanol–water partition coefficient (Wildman–Crippen LogP) is 0.627. The number of hydrogen-bond acceptors (Lipinski definition) is 5. The standard InChI is InChI=1S/C10H11N5/c11-8-6-9(12)15-10(14-8)5-7-3-1-2-4-13-7/h1-4,6H,5H2,(H4,11,12,14,15). The van der Waals surface area contributed by atoms with Gasteiger partial charge in [-0.3, -0.25) is 4.98 Å². The van der Waals surface area contributed by atoms with Gasteiger partial charge in [0.1, 0.15) is 17.5 Å². The zero-order valence-corrected chi connectivity index (χ0v) is 8.09. The summed E-state index contributed by atoms with van der Waals surface area (Å²) < 4.78 is 0. The van der Waals surface area contributed by atoms with Gasteiger partial charge in [-0.05, 0) is 12.1 Å². The number of rotatable bonds is 2. The van der Waals surface area contributed by atoms with Crippen molar-refractivity contribution in [3.63, 3.8) is 0 Å². The van der Waals surface area contributed by atoms with Crippen LogP contribution >= 0.6 is 0 Å². The zero-order chi connectivity index (χ0) is 10.7. The van der Waals surface area contributed by atoms with Crippen molar-refractivity contribution in [3.8, 4) is 0 Å². The van der Waals surface area contributed by atoms with Crippen molar-refractivity contribution in [1.82, 2.24) is 15.0 Å². The summed E-state index contributed by atoms with van der Waals surface area (Å²) >= 11 is 0. The third kappa shape index (κ3) is 2.40. The maximum atomic E-state index is 5.56. The van der Waals surface area contributed by atoms with Crippen LogP contribution in [0.5, 0.6) is 0 Å². The SMILES string of the molecule is Nc1cc(N)nc(Cc2ccccn2)n1. The predicted molar refractivity (Wildman–Crippen MR) is 57.9 cm³/mol. The number of nitrogens with two attached hydrogens (primary N) is 2. The molecule has 0 saturated heterocycles. The third-order valence-electron chi connectivity index (χ3n) is 1.88. The summed E-state index contributed by atoms with van der Waals surface area (Å²) in [5.74, 6) is 1.35. The van der Waals surface area contributed by atoms with Gasteiger partial charge in [0.25, 0.3) is 0 Å². The Bertz CT molecular complexity index is 434. The molecule has 15 heavy (non-hydrogen) atoms. The van der Waals surface area contributed by atoms with Gasteiger partial charge < -0.3 is 11.5 Å². The van der Waals surface area contributed by atoms with Crippen molar-refractivity contribution in [2.75, 3.05) is 11.5 Å². The van der Waals surface area contributed by atoms with E-state index in [0.29, 0.717) is 23.9 Å². The lowest BCUT2D eigenvalue weighted by molar-refractivity contribution is 0.945. The van der Waals surface area contributed by atoms with Gasteiger partial charge in [-0.2, -0.15) is 0 Å². The molecule has 76 valence electrons. The minimum absolute atomic E-state index is 0.383. The van der Waals surface area contributed by atoms with E-state index in [2.05, 4.69) is 15.0 Å². The Morgan fingerprint density at radius 1 is 1.07 bits per heavy atom. The highest BCUT2D eigenvalue weighted by Gasteiger charge is 2.02. The quantitative estimate of drug-likeness (QED) is 0.743. The number of aromatic nitrogens is 3. The lowest BCUT2D eigenvalue weighted by atomic mass is 10.2. The molecule has 2 heterocycles. The van der Waals surface area contributed by atoms with E-state index in [0.717, 1.165) is 5.69 Å². The molecule has 0 bridgehead atoms. The lowest BCUT2D eigenvalue weighted by Crippen LogP contribution is -2.04. The summed E-state index contributed by atoms with van der Waals surface area (Å²) in [6.07, 6.45) is 2.26. The van der Waals surface area contributed by atoms with Gasteiger partial charge in [-0.15, -0.1) is 0 Å². The molecule has 0 unspecified atom stereocenters. The molecule has 2 aromatic rings. The van der Waals surface area contributed by atoms with Crippen LogP contribution < -0.4 is 11.5 Å². The van der Waals surface area contributed by atoms with Crippen molar-refractivity contribution in [3.05, 3.63) is 42.0 Å². The van der Waals surface area contributed by atoms with Crippen LogP contribution in [0.1, 0.15) is 11.5 Å². The number of nitrogens with zero attached hydrogens (tertiary/aromatic N) is 3. The van der Waals surface area contributed by atoms with E-state index in [1.165, 1.54) is 6.07 Å². The second-order valence-electron chi connectivity index (χ2n) is 3.13. The van der Waals surface area contributed by atoms with E-state index in [1.807, 2.05) is 18.2 Å². The van der Waals surface area contributed by atoms with Crippen molar-refractivity contribution < 1.29 is 0 Å². The molecule has 0 aromatic carbocycles. The first-order valence-electron chi connectivity index (χ1n) is 4.53. The minimum atomic E-state index is 0.383. The smallest absolute Gasteiger partial charge is 0.139 e. The van der Waals surface area contributed by atoms with Crippen LogP contribution in [0.2, 0.25) is 0 Å². The van der Waals surface area contributed by atoms with E-state index in [4.69, 9.17) is 11.5 Å². The average Bonchev–Trinajstić information content (AvgIpc) is 2.17. The minimum Gasteiger partial charge on any atom is -0.384 e. The Labute approximate surface area is 87.2 Å². The fourth-order valence-electron chi connectivity index (χ4n) is 1.28. The van der Waals surface area contributed by atoms with Crippen molar-refractivity contribution in [2.45, 2.75) is 6.42 Å². The Morgan fingerprint density at radius 2 is 1.80 bits per heavy atom. The number of anilines is 2. The van der Waals surface area contributed by atoms with E-state index in [-0.39, 0.29) is 0 Å². The van der Waals surface area contributed by atoms with Gasteiger partial charge in [0, 0.05) is 18.0 Å². The average molecular weight is 201 g/mol. The van der Waals surface area contributed by atoms with Gasteiger partial charge in [0.05, 0.1) is 6.42 Å². The van der Waals surface area contributed by atoms with Gasteiger partial charge in [0.15, 0.2) is 0 Å². The van der Waals surface area contributed by atoms with E-state index >= 15 is 0 Å². The fourth-order valence-corrected chi connectivity index (χ4v) is 1.28. The second-order valence-corrected chi connectivity index (χ2v) is 3.13. The van der Waals surface area contributed by atoms with Crippen molar-refractivity contribution in [1.29, 1.82) is 0 Å². The second kappa shape index (κ2) is 3.91. The lowest BCUT2D eigenvalue weighted by Gasteiger charge is -2.01. The maximum Gasteiger partial charge on any atom is 0.139 e. The molecular weight excluding hydrogens is 190 g/mol. The molecule has 0 saturated carbocycles. The van der Waals surface area contributed by atoms with Crippen molar-refractivity contribution >= 4 is 11.6 Å². The summed E-state index contributed by atoms with van der Waals surface area (Å²) in [5, 5.41) is 0. The van der Waals surface area contributed by atoms with Crippen LogP contribution in [0.15, 0.2) is 30.5 Å². The summed E-state index contributed by atoms with van der Waals surface area (Å²) in [7, 11) is 0. The molecule has 4 N–H and O–H groups in total. The fraction of sp³-hybridized carbons (Fsp3) is 0.100. The molecule has 5 nitrogen and oxygen atoms in total. The van der Waals surface area contributed by atoms with Crippen molar-refractivity contribution in [2.24, 2.45) is 0 Å². The first-order valence-corrected chi connectivity index (χ1v) is 4.53. The van der Waals surface area contributed by atoms with Crippen LogP contribution in [-0.2, 0) is 6.42 Å². The summed E-state index contributed by atoms with van der Waals surface area (Å²) in [5.41, 5.74) is 12.0. The van der Waals surface area contributed by atoms with Crippen LogP contribution in [-0.4, -0.2) is 15.0 Å². The first-order chi connectivity index (χ1) is 7.24. The van der Waals surface area contributed by atoms with Crippen LogP contribution in [0.25, 0.3) is 0 Å². The number of pyridine rings is 1. The highest BCUT2D eigenvalue weighted by Crippen LogP contribution is 2.07. The Balaban J connectivity index is 2.25. The number of nitrogen functional groups attached to an aromatic ring is 2. The molecule has 0 aliphatic rings. The first kappa shape index (κ1) is 9.39. The maximum absolute atomic E-state index is 5.56. The molecule has 5 heteroatoms. The van der Waals surface area contributed by atoms with Crippen LogP contribution in [0.3, 0.4) is 0 Å². The zero-order valence-electron chi connectivity index (χ0n) is 8.09. The van der Waals surface area contributed by atoms with E-state index in [1.54, 1.807) is 6.20 Å². The van der Waals surface area contributed by atoms with E-state index < -0.39 is 0 Å². The monoisotopic (exact) mass is 201 g/mol. The Morgan fingerprint density at radius 3 is 2.40 bits per heavy atom. The summed E-state index contributed by atoms with van der Waals surface area (Å²) in [4.78, 5) is 12.3. The Kier molecular flexibility index (Phi) is 2.45. The molecule has 2 rings (SSSR count). The van der Waals surface area contributed by atoms with Gasteiger partial charge >= 0.3 is 0 Å². The molecule has 0 atom stereocenters. The third-order valence-corrected chi connectivity index (χ3v) is 1.88. The molecule has 0 aliphatic heterocycles. The molecule has 0 fully saturated rings. The van der Waals surface area contributed by atoms with Gasteiger partial charge in [0.2, 0.25) is 0 Å². The molecule has 0 radical (unpaired) electrons. The summed E-state index contributed by atoms with van der Waals surface area (Å²) in [6.45, 7) is 0. The normalized spacial score (nSPS) is 10.1.